The van der Waals surface area contributed by atoms with Crippen LogP contribution in [0, 0.1) is 11.6 Å². The zero-order valence-corrected chi connectivity index (χ0v) is 11.3. The molecule has 1 rings (SSSR count). The highest BCUT2D eigenvalue weighted by Crippen LogP contribution is 2.49. The van der Waals surface area contributed by atoms with Crippen LogP contribution in [0.15, 0.2) is 18.2 Å². The minimum atomic E-state index is -4.02. The summed E-state index contributed by atoms with van der Waals surface area (Å²) in [5.74, 6) is -3.79. The van der Waals surface area contributed by atoms with E-state index in [0.29, 0.717) is 0 Å². The summed E-state index contributed by atoms with van der Waals surface area (Å²) in [7, 11) is -2.94. The highest BCUT2D eigenvalue weighted by Gasteiger charge is 2.32. The summed E-state index contributed by atoms with van der Waals surface area (Å²) in [5, 5.41) is 0. The van der Waals surface area contributed by atoms with E-state index in [1.807, 2.05) is 0 Å². The van der Waals surface area contributed by atoms with Gasteiger partial charge in [-0.2, -0.15) is 0 Å². The molecule has 0 amide bonds. The van der Waals surface area contributed by atoms with Gasteiger partial charge in [0.25, 0.3) is 0 Å². The van der Waals surface area contributed by atoms with Crippen molar-refractivity contribution in [2.75, 3.05) is 19.9 Å². The third-order valence-electron chi connectivity index (χ3n) is 2.03. The van der Waals surface area contributed by atoms with Crippen molar-refractivity contribution >= 4 is 13.6 Å². The van der Waals surface area contributed by atoms with E-state index in [0.717, 1.165) is 25.3 Å². The van der Waals surface area contributed by atoms with Crippen LogP contribution in [0.5, 0.6) is 5.75 Å². The number of ether oxygens (including phenoxy) is 1. The monoisotopic (exact) mass is 294 g/mol. The normalized spacial score (nSPS) is 13.7. The number of benzene rings is 1. The molecule has 5 nitrogen and oxygen atoms in total. The minimum Gasteiger partial charge on any atom is -0.468 e. The topological polar surface area (TPSA) is 61.8 Å². The first-order valence-corrected chi connectivity index (χ1v) is 7.08. The van der Waals surface area contributed by atoms with Crippen molar-refractivity contribution in [1.29, 1.82) is 0 Å². The number of hydrogen-bond acceptors (Lipinski definition) is 5. The first-order chi connectivity index (χ1) is 8.91. The Balaban J connectivity index is 3.01. The summed E-state index contributed by atoms with van der Waals surface area (Å²) in [6.45, 7) is 1.45. The standard InChI is InChI=1S/C11H13F2O5P/c1-3-17-19(15,7-10(14)16-2)18-11-8(12)5-4-6-9(11)13/h4-6H,3,7H2,1-2H3. The van der Waals surface area contributed by atoms with Gasteiger partial charge in [0.2, 0.25) is 0 Å². The molecule has 0 heterocycles. The maximum atomic E-state index is 13.4. The first kappa shape index (κ1) is 15.6. The Morgan fingerprint density at radius 2 is 1.89 bits per heavy atom. The van der Waals surface area contributed by atoms with E-state index in [4.69, 9.17) is 9.05 Å². The van der Waals surface area contributed by atoms with Crippen LogP contribution in [-0.2, 0) is 18.6 Å². The van der Waals surface area contributed by atoms with Gasteiger partial charge in [0, 0.05) is 0 Å². The van der Waals surface area contributed by atoms with E-state index >= 15 is 0 Å². The van der Waals surface area contributed by atoms with Crippen LogP contribution in [-0.4, -0.2) is 25.8 Å². The average molecular weight is 294 g/mol. The molecule has 0 bridgehead atoms. The number of hydrogen-bond donors (Lipinski definition) is 0. The summed E-state index contributed by atoms with van der Waals surface area (Å²) in [4.78, 5) is 11.1. The summed E-state index contributed by atoms with van der Waals surface area (Å²) >= 11 is 0. The highest BCUT2D eigenvalue weighted by atomic mass is 31.2. The van der Waals surface area contributed by atoms with Crippen LogP contribution in [0.25, 0.3) is 0 Å². The lowest BCUT2D eigenvalue weighted by molar-refractivity contribution is -0.137. The second kappa shape index (κ2) is 6.63. The summed E-state index contributed by atoms with van der Waals surface area (Å²) < 4.78 is 52.8. The number of methoxy groups -OCH3 is 1. The second-order valence-corrected chi connectivity index (χ2v) is 5.38. The van der Waals surface area contributed by atoms with E-state index in [-0.39, 0.29) is 6.61 Å². The predicted molar refractivity (Wildman–Crippen MR) is 63.1 cm³/mol. The SMILES string of the molecule is CCOP(=O)(CC(=O)OC)Oc1c(F)cccc1F. The molecule has 1 unspecified atom stereocenters. The molecule has 0 fully saturated rings. The molecular formula is C11H13F2O5P. The molecule has 0 aliphatic carbocycles. The van der Waals surface area contributed by atoms with Crippen LogP contribution < -0.4 is 4.52 Å². The summed E-state index contributed by atoms with van der Waals surface area (Å²) in [5.41, 5.74) is 0. The van der Waals surface area contributed by atoms with Gasteiger partial charge in [-0.3, -0.25) is 9.32 Å². The Labute approximate surface area is 109 Å². The van der Waals surface area contributed by atoms with Crippen LogP contribution in [0.2, 0.25) is 0 Å². The van der Waals surface area contributed by atoms with Gasteiger partial charge in [-0.25, -0.2) is 13.3 Å². The van der Waals surface area contributed by atoms with Gasteiger partial charge < -0.3 is 9.26 Å². The number of halogens is 2. The van der Waals surface area contributed by atoms with Crippen molar-refractivity contribution in [3.8, 4) is 5.75 Å². The molecule has 106 valence electrons. The second-order valence-electron chi connectivity index (χ2n) is 3.40. The third kappa shape index (κ3) is 4.29. The van der Waals surface area contributed by atoms with E-state index in [1.165, 1.54) is 6.92 Å². The van der Waals surface area contributed by atoms with Crippen LogP contribution in [0.1, 0.15) is 6.92 Å². The zero-order valence-electron chi connectivity index (χ0n) is 10.4. The molecule has 0 saturated heterocycles. The Hall–Kier alpha value is -1.46. The number of carbonyl (C=O) groups excluding carboxylic acids is 1. The van der Waals surface area contributed by atoms with Gasteiger partial charge >= 0.3 is 13.6 Å². The molecule has 1 atom stereocenters. The molecule has 0 saturated carbocycles. The average Bonchev–Trinajstić information content (AvgIpc) is 2.34. The highest BCUT2D eigenvalue weighted by molar-refractivity contribution is 7.55. The predicted octanol–water partition coefficient (Wildman–Crippen LogP) is 2.75. The lowest BCUT2D eigenvalue weighted by Gasteiger charge is -2.18. The van der Waals surface area contributed by atoms with E-state index in [9.17, 15) is 18.1 Å². The van der Waals surface area contributed by atoms with Crippen molar-refractivity contribution in [3.05, 3.63) is 29.8 Å². The van der Waals surface area contributed by atoms with Crippen molar-refractivity contribution < 1.29 is 31.9 Å². The molecule has 0 spiro atoms. The number of rotatable bonds is 6. The number of para-hydroxylation sites is 1. The zero-order chi connectivity index (χ0) is 14.5. The molecular weight excluding hydrogens is 281 g/mol. The van der Waals surface area contributed by atoms with E-state index in [2.05, 4.69) is 4.74 Å². The molecule has 8 heteroatoms. The van der Waals surface area contributed by atoms with Crippen molar-refractivity contribution in [3.63, 3.8) is 0 Å². The quantitative estimate of drug-likeness (QED) is 0.596. The molecule has 0 aliphatic heterocycles. The van der Waals surface area contributed by atoms with Gasteiger partial charge in [-0.1, -0.05) is 6.07 Å². The van der Waals surface area contributed by atoms with Crippen molar-refractivity contribution in [2.24, 2.45) is 0 Å². The van der Waals surface area contributed by atoms with E-state index in [1.54, 1.807) is 0 Å². The smallest absolute Gasteiger partial charge is 0.390 e. The Morgan fingerprint density at radius 1 is 1.32 bits per heavy atom. The fraction of sp³-hybridized carbons (Fsp3) is 0.364. The van der Waals surface area contributed by atoms with Gasteiger partial charge in [0.05, 0.1) is 13.7 Å². The summed E-state index contributed by atoms with van der Waals surface area (Å²) in [6, 6.07) is 3.00. The fourth-order valence-electron chi connectivity index (χ4n) is 1.23. The van der Waals surface area contributed by atoms with E-state index < -0.39 is 37.1 Å². The van der Waals surface area contributed by atoms with Crippen LogP contribution in [0.3, 0.4) is 0 Å². The molecule has 1 aromatic rings. The molecule has 0 aromatic heterocycles. The molecule has 1 aromatic carbocycles. The summed E-state index contributed by atoms with van der Waals surface area (Å²) in [6.07, 6.45) is -0.731. The number of carbonyl (C=O) groups is 1. The largest absolute Gasteiger partial charge is 0.468 e. The van der Waals surface area contributed by atoms with Gasteiger partial charge in [-0.15, -0.1) is 0 Å². The maximum Gasteiger partial charge on any atom is 0.390 e. The molecule has 0 radical (unpaired) electrons. The Morgan fingerprint density at radius 3 is 2.37 bits per heavy atom. The fourth-order valence-corrected chi connectivity index (χ4v) is 2.73. The van der Waals surface area contributed by atoms with Crippen LogP contribution >= 0.6 is 7.60 Å². The maximum absolute atomic E-state index is 13.4. The first-order valence-electron chi connectivity index (χ1n) is 5.36. The number of esters is 1. The molecule has 19 heavy (non-hydrogen) atoms. The Bertz CT molecular complexity index is 486. The molecule has 0 aliphatic rings. The van der Waals surface area contributed by atoms with Gasteiger partial charge in [0.1, 0.15) is 0 Å². The third-order valence-corrected chi connectivity index (χ3v) is 3.78. The Kier molecular flexibility index (Phi) is 5.44. The van der Waals surface area contributed by atoms with Crippen molar-refractivity contribution in [1.82, 2.24) is 0 Å². The van der Waals surface area contributed by atoms with Gasteiger partial charge in [-0.05, 0) is 19.1 Å². The lowest BCUT2D eigenvalue weighted by atomic mass is 10.3. The lowest BCUT2D eigenvalue weighted by Crippen LogP contribution is -2.13. The van der Waals surface area contributed by atoms with Gasteiger partial charge in [0.15, 0.2) is 23.5 Å². The minimum absolute atomic E-state index is 0.0512. The molecule has 0 N–H and O–H groups in total. The van der Waals surface area contributed by atoms with Crippen LogP contribution in [0.4, 0.5) is 8.78 Å². The van der Waals surface area contributed by atoms with Crippen molar-refractivity contribution in [2.45, 2.75) is 6.92 Å².